The number of carbonyl (C=O) groups is 1. The fourth-order valence-corrected chi connectivity index (χ4v) is 1.28. The SMILES string of the molecule is N[C@@H](CO)C(=O)OCCCc1ccccc1. The van der Waals surface area contributed by atoms with Crippen LogP contribution in [0.2, 0.25) is 0 Å². The molecule has 0 radical (unpaired) electrons. The first kappa shape index (κ1) is 12.7. The first-order chi connectivity index (χ1) is 7.74. The lowest BCUT2D eigenvalue weighted by molar-refractivity contribution is -0.146. The maximum Gasteiger partial charge on any atom is 0.325 e. The summed E-state index contributed by atoms with van der Waals surface area (Å²) in [5.41, 5.74) is 6.50. The van der Waals surface area contributed by atoms with E-state index in [1.54, 1.807) is 0 Å². The van der Waals surface area contributed by atoms with Crippen LogP contribution in [0, 0.1) is 0 Å². The van der Waals surface area contributed by atoms with E-state index in [0.29, 0.717) is 6.61 Å². The van der Waals surface area contributed by atoms with E-state index in [4.69, 9.17) is 15.6 Å². The summed E-state index contributed by atoms with van der Waals surface area (Å²) in [5.74, 6) is -0.546. The second-order valence-corrected chi connectivity index (χ2v) is 3.55. The fraction of sp³-hybridized carbons (Fsp3) is 0.417. The number of benzene rings is 1. The number of carbonyl (C=O) groups excluding carboxylic acids is 1. The molecule has 0 amide bonds. The van der Waals surface area contributed by atoms with E-state index in [0.717, 1.165) is 12.8 Å². The van der Waals surface area contributed by atoms with E-state index in [2.05, 4.69) is 0 Å². The van der Waals surface area contributed by atoms with E-state index in [9.17, 15) is 4.79 Å². The summed E-state index contributed by atoms with van der Waals surface area (Å²) in [6.07, 6.45) is 1.62. The molecule has 0 aliphatic carbocycles. The largest absolute Gasteiger partial charge is 0.464 e. The van der Waals surface area contributed by atoms with Crippen molar-refractivity contribution in [1.29, 1.82) is 0 Å². The van der Waals surface area contributed by atoms with Gasteiger partial charge in [0.15, 0.2) is 0 Å². The molecule has 4 heteroatoms. The topological polar surface area (TPSA) is 72.5 Å². The van der Waals surface area contributed by atoms with Crippen molar-refractivity contribution in [3.8, 4) is 0 Å². The van der Waals surface area contributed by atoms with Crippen LogP contribution >= 0.6 is 0 Å². The molecule has 1 aromatic rings. The van der Waals surface area contributed by atoms with Crippen LogP contribution in [0.3, 0.4) is 0 Å². The summed E-state index contributed by atoms with van der Waals surface area (Å²) in [6.45, 7) is -0.0427. The first-order valence-electron chi connectivity index (χ1n) is 5.31. The monoisotopic (exact) mass is 223 g/mol. The Hall–Kier alpha value is -1.39. The smallest absolute Gasteiger partial charge is 0.325 e. The van der Waals surface area contributed by atoms with Gasteiger partial charge in [0.25, 0.3) is 0 Å². The number of rotatable bonds is 6. The van der Waals surface area contributed by atoms with Crippen LogP contribution in [-0.2, 0) is 16.0 Å². The van der Waals surface area contributed by atoms with Crippen molar-refractivity contribution in [2.75, 3.05) is 13.2 Å². The minimum atomic E-state index is -0.920. The van der Waals surface area contributed by atoms with Crippen LogP contribution < -0.4 is 5.73 Å². The summed E-state index contributed by atoms with van der Waals surface area (Å²) in [4.78, 5) is 11.1. The maximum atomic E-state index is 11.1. The van der Waals surface area contributed by atoms with Gasteiger partial charge in [0.2, 0.25) is 0 Å². The van der Waals surface area contributed by atoms with Gasteiger partial charge in [-0.15, -0.1) is 0 Å². The van der Waals surface area contributed by atoms with Gasteiger partial charge in [-0.05, 0) is 18.4 Å². The third-order valence-corrected chi connectivity index (χ3v) is 2.20. The number of aliphatic hydroxyl groups excluding tert-OH is 1. The van der Waals surface area contributed by atoms with Crippen LogP contribution in [0.25, 0.3) is 0 Å². The number of aliphatic hydroxyl groups is 1. The van der Waals surface area contributed by atoms with Gasteiger partial charge in [-0.1, -0.05) is 30.3 Å². The summed E-state index contributed by atoms with van der Waals surface area (Å²) >= 11 is 0. The van der Waals surface area contributed by atoms with Gasteiger partial charge in [0.1, 0.15) is 6.04 Å². The maximum absolute atomic E-state index is 11.1. The number of nitrogens with two attached hydrogens (primary N) is 1. The zero-order valence-corrected chi connectivity index (χ0v) is 9.13. The fourth-order valence-electron chi connectivity index (χ4n) is 1.28. The Kier molecular flexibility index (Phi) is 5.53. The molecule has 0 unspecified atom stereocenters. The number of hydrogen-bond donors (Lipinski definition) is 2. The second-order valence-electron chi connectivity index (χ2n) is 3.55. The first-order valence-corrected chi connectivity index (χ1v) is 5.31. The molecule has 1 rings (SSSR count). The number of hydrogen-bond acceptors (Lipinski definition) is 4. The Morgan fingerprint density at radius 2 is 2.06 bits per heavy atom. The molecule has 0 spiro atoms. The highest BCUT2D eigenvalue weighted by Crippen LogP contribution is 2.02. The molecular weight excluding hydrogens is 206 g/mol. The summed E-state index contributed by atoms with van der Waals surface area (Å²) in [7, 11) is 0. The molecule has 16 heavy (non-hydrogen) atoms. The van der Waals surface area contributed by atoms with Crippen LogP contribution in [0.1, 0.15) is 12.0 Å². The Bertz CT molecular complexity index is 313. The Labute approximate surface area is 95.0 Å². The predicted molar refractivity (Wildman–Crippen MR) is 60.8 cm³/mol. The molecule has 1 atom stereocenters. The highest BCUT2D eigenvalue weighted by Gasteiger charge is 2.12. The molecule has 0 fully saturated rings. The van der Waals surface area contributed by atoms with E-state index >= 15 is 0 Å². The number of aryl methyl sites for hydroxylation is 1. The average Bonchev–Trinajstić information content (AvgIpc) is 2.34. The zero-order valence-electron chi connectivity index (χ0n) is 9.13. The van der Waals surface area contributed by atoms with E-state index in [-0.39, 0.29) is 6.61 Å². The minimum Gasteiger partial charge on any atom is -0.464 e. The van der Waals surface area contributed by atoms with Crippen molar-refractivity contribution < 1.29 is 14.6 Å². The van der Waals surface area contributed by atoms with Gasteiger partial charge in [-0.3, -0.25) is 4.79 Å². The van der Waals surface area contributed by atoms with Crippen molar-refractivity contribution in [2.45, 2.75) is 18.9 Å². The quantitative estimate of drug-likeness (QED) is 0.543. The van der Waals surface area contributed by atoms with Crippen molar-refractivity contribution >= 4 is 5.97 Å². The van der Waals surface area contributed by atoms with Crippen molar-refractivity contribution in [1.82, 2.24) is 0 Å². The molecule has 0 saturated heterocycles. The standard InChI is InChI=1S/C12H17NO3/c13-11(9-14)12(15)16-8-4-7-10-5-2-1-3-6-10/h1-3,5-6,11,14H,4,7-9,13H2/t11-/m0/s1. The van der Waals surface area contributed by atoms with Gasteiger partial charge in [-0.2, -0.15) is 0 Å². The van der Waals surface area contributed by atoms with Crippen molar-refractivity contribution in [3.63, 3.8) is 0 Å². The van der Waals surface area contributed by atoms with E-state index in [1.165, 1.54) is 5.56 Å². The second kappa shape index (κ2) is 6.98. The zero-order chi connectivity index (χ0) is 11.8. The normalized spacial score (nSPS) is 12.1. The van der Waals surface area contributed by atoms with Crippen LogP contribution in [0.4, 0.5) is 0 Å². The van der Waals surface area contributed by atoms with Crippen LogP contribution in [0.15, 0.2) is 30.3 Å². The van der Waals surface area contributed by atoms with Gasteiger partial charge in [-0.25, -0.2) is 0 Å². The van der Waals surface area contributed by atoms with Crippen LogP contribution in [0.5, 0.6) is 0 Å². The summed E-state index contributed by atoms with van der Waals surface area (Å²) in [6, 6.07) is 9.05. The number of ether oxygens (including phenoxy) is 1. The third-order valence-electron chi connectivity index (χ3n) is 2.20. The molecule has 4 nitrogen and oxygen atoms in total. The van der Waals surface area contributed by atoms with Crippen molar-refractivity contribution in [2.24, 2.45) is 5.73 Å². The van der Waals surface area contributed by atoms with Gasteiger partial charge in [0, 0.05) is 0 Å². The molecule has 1 aromatic carbocycles. The molecule has 0 heterocycles. The minimum absolute atomic E-state index is 0.335. The number of esters is 1. The van der Waals surface area contributed by atoms with Crippen LogP contribution in [-0.4, -0.2) is 30.3 Å². The molecular formula is C12H17NO3. The van der Waals surface area contributed by atoms with E-state index in [1.807, 2.05) is 30.3 Å². The van der Waals surface area contributed by atoms with Gasteiger partial charge < -0.3 is 15.6 Å². The summed E-state index contributed by atoms with van der Waals surface area (Å²) < 4.78 is 4.89. The molecule has 88 valence electrons. The Morgan fingerprint density at radius 1 is 1.38 bits per heavy atom. The molecule has 0 aliphatic rings. The third kappa shape index (κ3) is 4.42. The lowest BCUT2D eigenvalue weighted by Gasteiger charge is -2.08. The lowest BCUT2D eigenvalue weighted by Crippen LogP contribution is -2.35. The van der Waals surface area contributed by atoms with Gasteiger partial charge in [0.05, 0.1) is 13.2 Å². The highest BCUT2D eigenvalue weighted by atomic mass is 16.5. The van der Waals surface area contributed by atoms with E-state index < -0.39 is 12.0 Å². The molecule has 0 bridgehead atoms. The lowest BCUT2D eigenvalue weighted by atomic mass is 10.1. The molecule has 3 N–H and O–H groups in total. The molecule has 0 aromatic heterocycles. The predicted octanol–water partition coefficient (Wildman–Crippen LogP) is 0.482. The highest BCUT2D eigenvalue weighted by molar-refractivity contribution is 5.75. The molecule has 0 aliphatic heterocycles. The molecule has 0 saturated carbocycles. The average molecular weight is 223 g/mol. The Balaban J connectivity index is 2.15. The Morgan fingerprint density at radius 3 is 2.69 bits per heavy atom. The summed E-state index contributed by atoms with van der Waals surface area (Å²) in [5, 5.41) is 8.61. The van der Waals surface area contributed by atoms with Crippen molar-refractivity contribution in [3.05, 3.63) is 35.9 Å². The van der Waals surface area contributed by atoms with Gasteiger partial charge >= 0.3 is 5.97 Å².